The highest BCUT2D eigenvalue weighted by Crippen LogP contribution is 2.13. The molecule has 7 heteroatoms. The molecule has 0 bridgehead atoms. The van der Waals surface area contributed by atoms with Crippen LogP contribution in [0.3, 0.4) is 0 Å². The summed E-state index contributed by atoms with van der Waals surface area (Å²) in [5, 5.41) is 0. The van der Waals surface area contributed by atoms with E-state index in [2.05, 4.69) is 19.9 Å². The number of hydrogen-bond donors (Lipinski definition) is 0. The van der Waals surface area contributed by atoms with Crippen LogP contribution in [0, 0.1) is 0 Å². The van der Waals surface area contributed by atoms with Crippen LogP contribution in [0.1, 0.15) is 10.5 Å². The van der Waals surface area contributed by atoms with E-state index in [1.54, 1.807) is 24.7 Å². The van der Waals surface area contributed by atoms with Crippen molar-refractivity contribution in [2.24, 2.45) is 0 Å². The SMILES string of the molecule is O=C(c1cn2ccccc2n1)N1CCN(c2ncccn2)CC1. The summed E-state index contributed by atoms with van der Waals surface area (Å²) in [5.41, 5.74) is 1.27. The molecule has 0 aromatic carbocycles. The van der Waals surface area contributed by atoms with E-state index in [1.165, 1.54) is 0 Å². The average Bonchev–Trinajstić information content (AvgIpc) is 3.06. The topological polar surface area (TPSA) is 66.6 Å². The molecule has 1 aliphatic heterocycles. The van der Waals surface area contributed by atoms with Crippen molar-refractivity contribution in [1.82, 2.24) is 24.3 Å². The first-order chi connectivity index (χ1) is 11.3. The summed E-state index contributed by atoms with van der Waals surface area (Å²) >= 11 is 0. The largest absolute Gasteiger partial charge is 0.337 e. The number of carbonyl (C=O) groups excluding carboxylic acids is 1. The van der Waals surface area contributed by atoms with E-state index in [0.29, 0.717) is 24.7 Å². The Balaban J connectivity index is 1.46. The number of anilines is 1. The molecule has 23 heavy (non-hydrogen) atoms. The van der Waals surface area contributed by atoms with Crippen LogP contribution in [0.15, 0.2) is 49.1 Å². The molecule has 0 radical (unpaired) electrons. The van der Waals surface area contributed by atoms with E-state index in [0.717, 1.165) is 18.7 Å². The van der Waals surface area contributed by atoms with Crippen molar-refractivity contribution in [3.05, 3.63) is 54.7 Å². The molecule has 0 unspecified atom stereocenters. The third kappa shape index (κ3) is 2.61. The zero-order valence-electron chi connectivity index (χ0n) is 12.5. The highest BCUT2D eigenvalue weighted by molar-refractivity contribution is 5.93. The Kier molecular flexibility index (Phi) is 3.38. The fraction of sp³-hybridized carbons (Fsp3) is 0.250. The third-order valence-electron chi connectivity index (χ3n) is 3.98. The maximum absolute atomic E-state index is 12.6. The highest BCUT2D eigenvalue weighted by Gasteiger charge is 2.24. The third-order valence-corrected chi connectivity index (χ3v) is 3.98. The molecule has 4 heterocycles. The predicted molar refractivity (Wildman–Crippen MR) is 85.3 cm³/mol. The van der Waals surface area contributed by atoms with Gasteiger partial charge in [0.25, 0.3) is 5.91 Å². The quantitative estimate of drug-likeness (QED) is 0.709. The predicted octanol–water partition coefficient (Wildman–Crippen LogP) is 1.09. The van der Waals surface area contributed by atoms with Crippen LogP contribution in [-0.4, -0.2) is 56.3 Å². The van der Waals surface area contributed by atoms with Gasteiger partial charge in [0.05, 0.1) is 0 Å². The number of carbonyl (C=O) groups is 1. The van der Waals surface area contributed by atoms with Crippen molar-refractivity contribution >= 4 is 17.5 Å². The lowest BCUT2D eigenvalue weighted by Gasteiger charge is -2.34. The van der Waals surface area contributed by atoms with Crippen LogP contribution in [0.2, 0.25) is 0 Å². The van der Waals surface area contributed by atoms with Crippen LogP contribution < -0.4 is 4.90 Å². The summed E-state index contributed by atoms with van der Waals surface area (Å²) in [6, 6.07) is 7.52. The van der Waals surface area contributed by atoms with Crippen LogP contribution in [0.25, 0.3) is 5.65 Å². The molecule has 1 aliphatic rings. The Morgan fingerprint density at radius 1 is 1.00 bits per heavy atom. The Morgan fingerprint density at radius 2 is 1.78 bits per heavy atom. The van der Waals surface area contributed by atoms with Gasteiger partial charge in [0.1, 0.15) is 11.3 Å². The molecule has 1 amide bonds. The lowest BCUT2D eigenvalue weighted by molar-refractivity contribution is 0.0741. The van der Waals surface area contributed by atoms with Gasteiger partial charge in [0.15, 0.2) is 0 Å². The normalized spacial score (nSPS) is 15.1. The number of piperazine rings is 1. The fourth-order valence-electron chi connectivity index (χ4n) is 2.76. The Hall–Kier alpha value is -2.96. The van der Waals surface area contributed by atoms with Gasteiger partial charge in [-0.15, -0.1) is 0 Å². The van der Waals surface area contributed by atoms with Crippen LogP contribution in [0.5, 0.6) is 0 Å². The number of nitrogens with zero attached hydrogens (tertiary/aromatic N) is 6. The molecule has 7 nitrogen and oxygen atoms in total. The Bertz CT molecular complexity index is 790. The molecule has 3 aromatic rings. The summed E-state index contributed by atoms with van der Waals surface area (Å²) in [4.78, 5) is 29.4. The van der Waals surface area contributed by atoms with Gasteiger partial charge in [-0.25, -0.2) is 15.0 Å². The lowest BCUT2D eigenvalue weighted by atomic mass is 10.3. The second kappa shape index (κ2) is 5.68. The summed E-state index contributed by atoms with van der Waals surface area (Å²) in [6.45, 7) is 2.74. The molecule has 0 saturated carbocycles. The maximum atomic E-state index is 12.6. The van der Waals surface area contributed by atoms with Gasteiger partial charge in [-0.05, 0) is 18.2 Å². The van der Waals surface area contributed by atoms with E-state index >= 15 is 0 Å². The minimum absolute atomic E-state index is 0.0256. The number of amides is 1. The van der Waals surface area contributed by atoms with Crippen LogP contribution in [-0.2, 0) is 0 Å². The van der Waals surface area contributed by atoms with E-state index < -0.39 is 0 Å². The van der Waals surface area contributed by atoms with E-state index in [-0.39, 0.29) is 5.91 Å². The van der Waals surface area contributed by atoms with Crippen molar-refractivity contribution in [2.75, 3.05) is 31.1 Å². The zero-order valence-corrected chi connectivity index (χ0v) is 12.5. The van der Waals surface area contributed by atoms with E-state index in [9.17, 15) is 4.79 Å². The van der Waals surface area contributed by atoms with Crippen LogP contribution >= 0.6 is 0 Å². The Labute approximate surface area is 133 Å². The first kappa shape index (κ1) is 13.7. The van der Waals surface area contributed by atoms with Gasteiger partial charge in [0.2, 0.25) is 5.95 Å². The molecule has 1 fully saturated rings. The monoisotopic (exact) mass is 308 g/mol. The van der Waals surface area contributed by atoms with E-state index in [1.807, 2.05) is 33.7 Å². The van der Waals surface area contributed by atoms with Gasteiger partial charge in [-0.2, -0.15) is 0 Å². The van der Waals surface area contributed by atoms with Gasteiger partial charge in [-0.3, -0.25) is 4.79 Å². The van der Waals surface area contributed by atoms with E-state index in [4.69, 9.17) is 0 Å². The molecule has 0 spiro atoms. The zero-order chi connectivity index (χ0) is 15.6. The summed E-state index contributed by atoms with van der Waals surface area (Å²) in [6.07, 6.45) is 7.14. The smallest absolute Gasteiger partial charge is 0.274 e. The van der Waals surface area contributed by atoms with Crippen molar-refractivity contribution in [1.29, 1.82) is 0 Å². The number of aromatic nitrogens is 4. The second-order valence-corrected chi connectivity index (χ2v) is 5.42. The number of pyridine rings is 1. The average molecular weight is 308 g/mol. The van der Waals surface area contributed by atoms with Gasteiger partial charge in [-0.1, -0.05) is 6.07 Å². The summed E-state index contributed by atoms with van der Waals surface area (Å²) in [5.74, 6) is 0.689. The molecule has 4 rings (SSSR count). The minimum atomic E-state index is -0.0256. The van der Waals surface area contributed by atoms with Gasteiger partial charge < -0.3 is 14.2 Å². The Morgan fingerprint density at radius 3 is 2.52 bits per heavy atom. The van der Waals surface area contributed by atoms with Crippen molar-refractivity contribution in [2.45, 2.75) is 0 Å². The summed E-state index contributed by atoms with van der Waals surface area (Å²) in [7, 11) is 0. The maximum Gasteiger partial charge on any atom is 0.274 e. The first-order valence-corrected chi connectivity index (χ1v) is 7.56. The molecular weight excluding hydrogens is 292 g/mol. The molecule has 1 saturated heterocycles. The van der Waals surface area contributed by atoms with Crippen LogP contribution in [0.4, 0.5) is 5.95 Å². The standard InChI is InChI=1S/C16H16N6O/c23-15(13-12-22-7-2-1-4-14(22)19-13)20-8-10-21(11-9-20)16-17-5-3-6-18-16/h1-7,12H,8-11H2. The molecule has 0 atom stereocenters. The van der Waals surface area contributed by atoms with Gasteiger partial charge >= 0.3 is 0 Å². The van der Waals surface area contributed by atoms with Crippen molar-refractivity contribution < 1.29 is 4.79 Å². The molecule has 0 N–H and O–H groups in total. The molecule has 116 valence electrons. The summed E-state index contributed by atoms with van der Waals surface area (Å²) < 4.78 is 1.86. The fourth-order valence-corrected chi connectivity index (χ4v) is 2.76. The minimum Gasteiger partial charge on any atom is -0.337 e. The van der Waals surface area contributed by atoms with Crippen molar-refractivity contribution in [3.8, 4) is 0 Å². The second-order valence-electron chi connectivity index (χ2n) is 5.42. The lowest BCUT2D eigenvalue weighted by Crippen LogP contribution is -2.49. The molecular formula is C16H16N6O. The highest BCUT2D eigenvalue weighted by atomic mass is 16.2. The van der Waals surface area contributed by atoms with Gasteiger partial charge in [0, 0.05) is 51.0 Å². The molecule has 0 aliphatic carbocycles. The number of rotatable bonds is 2. The number of hydrogen-bond acceptors (Lipinski definition) is 5. The number of imidazole rings is 1. The molecule has 3 aromatic heterocycles. The van der Waals surface area contributed by atoms with Crippen molar-refractivity contribution in [3.63, 3.8) is 0 Å². The number of fused-ring (bicyclic) bond motifs is 1. The first-order valence-electron chi connectivity index (χ1n) is 7.56.